The Balaban J connectivity index is 1.45. The average Bonchev–Trinajstić information content (AvgIpc) is 3.00. The highest BCUT2D eigenvalue weighted by Gasteiger charge is 2.27. The van der Waals surface area contributed by atoms with Crippen molar-refractivity contribution < 1.29 is 14.0 Å². The average molecular weight is 372 g/mol. The number of piperidine rings is 1. The van der Waals surface area contributed by atoms with Gasteiger partial charge >= 0.3 is 0 Å². The molecule has 2 N–H and O–H groups in total. The maximum Gasteiger partial charge on any atom is 0.253 e. The van der Waals surface area contributed by atoms with Gasteiger partial charge in [0.15, 0.2) is 0 Å². The van der Waals surface area contributed by atoms with E-state index in [-0.39, 0.29) is 23.5 Å². The number of hydrogen-bond donors (Lipinski definition) is 2. The normalized spacial score (nSPS) is 15.0. The van der Waals surface area contributed by atoms with Crippen LogP contribution in [0.25, 0.3) is 0 Å². The summed E-state index contributed by atoms with van der Waals surface area (Å²) >= 11 is 0. The highest BCUT2D eigenvalue weighted by atomic mass is 19.1. The summed E-state index contributed by atoms with van der Waals surface area (Å²) in [6.45, 7) is 5.58. The van der Waals surface area contributed by atoms with E-state index >= 15 is 0 Å². The molecule has 1 saturated heterocycles. The molecule has 0 atom stereocenters. The third kappa shape index (κ3) is 4.53. The smallest absolute Gasteiger partial charge is 0.253 e. The van der Waals surface area contributed by atoms with Crippen molar-refractivity contribution in [2.45, 2.75) is 33.1 Å². The number of aromatic nitrogens is 2. The molecule has 0 aliphatic carbocycles. The fourth-order valence-corrected chi connectivity index (χ4v) is 3.52. The van der Waals surface area contributed by atoms with Gasteiger partial charge in [-0.25, -0.2) is 4.39 Å². The third-order valence-corrected chi connectivity index (χ3v) is 5.20. The van der Waals surface area contributed by atoms with Gasteiger partial charge in [-0.2, -0.15) is 5.10 Å². The van der Waals surface area contributed by atoms with Crippen molar-refractivity contribution in [3.05, 3.63) is 52.6 Å². The van der Waals surface area contributed by atoms with Gasteiger partial charge in [0.25, 0.3) is 5.91 Å². The van der Waals surface area contributed by atoms with Gasteiger partial charge in [-0.15, -0.1) is 0 Å². The number of hydrogen-bond acceptors (Lipinski definition) is 3. The van der Waals surface area contributed by atoms with E-state index < -0.39 is 0 Å². The number of aromatic amines is 1. The topological polar surface area (TPSA) is 78.1 Å². The minimum atomic E-state index is -0.359. The molecule has 1 aliphatic heterocycles. The van der Waals surface area contributed by atoms with Gasteiger partial charge in [-0.1, -0.05) is 0 Å². The molecule has 0 unspecified atom stereocenters. The van der Waals surface area contributed by atoms with Crippen molar-refractivity contribution in [1.82, 2.24) is 20.4 Å². The van der Waals surface area contributed by atoms with Gasteiger partial charge in [0.1, 0.15) is 5.82 Å². The maximum atomic E-state index is 13.0. The quantitative estimate of drug-likeness (QED) is 0.846. The molecule has 2 amide bonds. The molecule has 144 valence electrons. The predicted molar refractivity (Wildman–Crippen MR) is 99.8 cm³/mol. The molecule has 27 heavy (non-hydrogen) atoms. The van der Waals surface area contributed by atoms with Crippen LogP contribution in [0.15, 0.2) is 24.3 Å². The molecule has 7 heteroatoms. The first-order valence-corrected chi connectivity index (χ1v) is 9.28. The van der Waals surface area contributed by atoms with E-state index in [1.807, 2.05) is 13.8 Å². The molecule has 3 rings (SSSR count). The summed E-state index contributed by atoms with van der Waals surface area (Å²) in [6, 6.07) is 5.57. The zero-order valence-electron chi connectivity index (χ0n) is 15.7. The Hall–Kier alpha value is -2.70. The first-order valence-electron chi connectivity index (χ1n) is 9.28. The SMILES string of the molecule is Cc1n[nH]c(C)c1CCNC(=O)C1CCN(C(=O)c2ccc(F)cc2)CC1. The zero-order valence-corrected chi connectivity index (χ0v) is 15.7. The molecule has 0 saturated carbocycles. The first kappa shape index (κ1) is 19.1. The molecule has 0 bridgehead atoms. The van der Waals surface area contributed by atoms with Crippen LogP contribution >= 0.6 is 0 Å². The molecule has 1 fully saturated rings. The van der Waals surface area contributed by atoms with E-state index in [0.29, 0.717) is 38.0 Å². The van der Waals surface area contributed by atoms with Crippen molar-refractivity contribution in [1.29, 1.82) is 0 Å². The van der Waals surface area contributed by atoms with Crippen LogP contribution in [-0.2, 0) is 11.2 Å². The number of benzene rings is 1. The lowest BCUT2D eigenvalue weighted by Gasteiger charge is -2.31. The maximum absolute atomic E-state index is 13.0. The molecule has 6 nitrogen and oxygen atoms in total. The second-order valence-corrected chi connectivity index (χ2v) is 7.03. The molecule has 1 aromatic carbocycles. The second kappa shape index (κ2) is 8.33. The first-order chi connectivity index (χ1) is 13.0. The molecule has 0 spiro atoms. The second-order valence-electron chi connectivity index (χ2n) is 7.03. The number of carbonyl (C=O) groups excluding carboxylic acids is 2. The lowest BCUT2D eigenvalue weighted by Crippen LogP contribution is -2.43. The monoisotopic (exact) mass is 372 g/mol. The van der Waals surface area contributed by atoms with Crippen LogP contribution in [0.3, 0.4) is 0 Å². The number of rotatable bonds is 5. The fraction of sp³-hybridized carbons (Fsp3) is 0.450. The highest BCUT2D eigenvalue weighted by Crippen LogP contribution is 2.19. The Kier molecular flexibility index (Phi) is 5.88. The summed E-state index contributed by atoms with van der Waals surface area (Å²) < 4.78 is 13.0. The standard InChI is InChI=1S/C20H25FN4O2/c1-13-18(14(2)24-23-13)7-10-22-19(26)15-8-11-25(12-9-15)20(27)16-3-5-17(21)6-4-16/h3-6,15H,7-12H2,1-2H3,(H,22,26)(H,23,24). The van der Waals surface area contributed by atoms with Crippen molar-refractivity contribution >= 4 is 11.8 Å². The summed E-state index contributed by atoms with van der Waals surface area (Å²) in [4.78, 5) is 26.6. The van der Waals surface area contributed by atoms with Crippen LogP contribution in [0.5, 0.6) is 0 Å². The fourth-order valence-electron chi connectivity index (χ4n) is 3.52. The van der Waals surface area contributed by atoms with E-state index in [0.717, 1.165) is 23.4 Å². The molecule has 0 radical (unpaired) electrons. The van der Waals surface area contributed by atoms with Crippen LogP contribution < -0.4 is 5.32 Å². The van der Waals surface area contributed by atoms with Gasteiger partial charge in [-0.3, -0.25) is 14.7 Å². The van der Waals surface area contributed by atoms with E-state index in [4.69, 9.17) is 0 Å². The van der Waals surface area contributed by atoms with E-state index in [2.05, 4.69) is 15.5 Å². The summed E-state index contributed by atoms with van der Waals surface area (Å²) in [5.74, 6) is -0.501. The van der Waals surface area contributed by atoms with Crippen LogP contribution in [0, 0.1) is 25.6 Å². The Labute approximate surface area is 158 Å². The van der Waals surface area contributed by atoms with Gasteiger partial charge in [0.05, 0.1) is 5.69 Å². The van der Waals surface area contributed by atoms with Crippen molar-refractivity contribution in [2.24, 2.45) is 5.92 Å². The molecule has 1 aliphatic rings. The Morgan fingerprint density at radius 3 is 2.48 bits per heavy atom. The largest absolute Gasteiger partial charge is 0.356 e. The number of amides is 2. The van der Waals surface area contributed by atoms with Gasteiger partial charge in [0, 0.05) is 36.8 Å². The highest BCUT2D eigenvalue weighted by molar-refractivity contribution is 5.94. The molecule has 2 heterocycles. The zero-order chi connectivity index (χ0) is 19.4. The van der Waals surface area contributed by atoms with Crippen molar-refractivity contribution in [2.75, 3.05) is 19.6 Å². The molecular weight excluding hydrogens is 347 g/mol. The number of carbonyl (C=O) groups is 2. The third-order valence-electron chi connectivity index (χ3n) is 5.20. The van der Waals surface area contributed by atoms with Crippen LogP contribution in [0.1, 0.15) is 40.2 Å². The van der Waals surface area contributed by atoms with Crippen LogP contribution in [0.2, 0.25) is 0 Å². The minimum absolute atomic E-state index is 0.0442. The Morgan fingerprint density at radius 1 is 1.22 bits per heavy atom. The number of nitrogens with zero attached hydrogens (tertiary/aromatic N) is 2. The van der Waals surface area contributed by atoms with E-state index in [1.165, 1.54) is 24.3 Å². The summed E-state index contributed by atoms with van der Waals surface area (Å²) in [5.41, 5.74) is 3.63. The van der Waals surface area contributed by atoms with Crippen molar-refractivity contribution in [3.8, 4) is 0 Å². The van der Waals surface area contributed by atoms with Crippen LogP contribution in [-0.4, -0.2) is 46.5 Å². The predicted octanol–water partition coefficient (Wildman–Crippen LogP) is 2.38. The number of nitrogens with one attached hydrogen (secondary N) is 2. The Bertz CT molecular complexity index is 788. The van der Waals surface area contributed by atoms with Crippen molar-refractivity contribution in [3.63, 3.8) is 0 Å². The number of H-pyrrole nitrogens is 1. The van der Waals surface area contributed by atoms with Gasteiger partial charge in [-0.05, 0) is 62.9 Å². The lowest BCUT2D eigenvalue weighted by molar-refractivity contribution is -0.126. The Morgan fingerprint density at radius 2 is 1.89 bits per heavy atom. The van der Waals surface area contributed by atoms with Gasteiger partial charge < -0.3 is 10.2 Å². The van der Waals surface area contributed by atoms with E-state index in [1.54, 1.807) is 4.90 Å². The van der Waals surface area contributed by atoms with Crippen LogP contribution in [0.4, 0.5) is 4.39 Å². The summed E-state index contributed by atoms with van der Waals surface area (Å²) in [6.07, 6.45) is 2.03. The molecule has 1 aromatic heterocycles. The minimum Gasteiger partial charge on any atom is -0.356 e. The van der Waals surface area contributed by atoms with E-state index in [9.17, 15) is 14.0 Å². The summed E-state index contributed by atoms with van der Waals surface area (Å²) in [5, 5.41) is 10.1. The summed E-state index contributed by atoms with van der Waals surface area (Å²) in [7, 11) is 0. The lowest BCUT2D eigenvalue weighted by atomic mass is 9.95. The number of aryl methyl sites for hydroxylation is 2. The number of halogens is 1. The molecule has 2 aromatic rings. The molecular formula is C20H25FN4O2. The van der Waals surface area contributed by atoms with Gasteiger partial charge in [0.2, 0.25) is 5.91 Å². The number of likely N-dealkylation sites (tertiary alicyclic amines) is 1.